The third kappa shape index (κ3) is 2.63. The van der Waals surface area contributed by atoms with Gasteiger partial charge in [-0.05, 0) is 26.0 Å². The van der Waals surface area contributed by atoms with Crippen LogP contribution in [0.2, 0.25) is 0 Å². The predicted molar refractivity (Wildman–Crippen MR) is 66.8 cm³/mol. The molecule has 100 valence electrons. The lowest BCUT2D eigenvalue weighted by atomic mass is 9.95. The number of aromatic carboxylic acids is 1. The molecule has 0 saturated heterocycles. The predicted octanol–water partition coefficient (Wildman–Crippen LogP) is 1.70. The molecule has 0 spiro atoms. The molecule has 0 unspecified atom stereocenters. The highest BCUT2D eigenvalue weighted by Gasteiger charge is 2.27. The fourth-order valence-electron chi connectivity index (χ4n) is 1.45. The van der Waals surface area contributed by atoms with Crippen molar-refractivity contribution in [2.75, 3.05) is 6.61 Å². The molecule has 1 aromatic heterocycles. The Bertz CT molecular complexity index is 587. The maximum atomic E-state index is 10.7. The molecular formula is C13H14N2O4. The lowest BCUT2D eigenvalue weighted by Crippen LogP contribution is -2.22. The van der Waals surface area contributed by atoms with E-state index in [0.717, 1.165) is 0 Å². The normalized spacial score (nSPS) is 11.5. The number of aliphatic hydroxyl groups excluding tert-OH is 1. The minimum absolute atomic E-state index is 0.105. The Morgan fingerprint density at radius 1 is 1.32 bits per heavy atom. The third-order valence-electron chi connectivity index (χ3n) is 2.79. The minimum Gasteiger partial charge on any atom is -0.478 e. The van der Waals surface area contributed by atoms with E-state index < -0.39 is 11.4 Å². The molecular weight excluding hydrogens is 248 g/mol. The van der Waals surface area contributed by atoms with Gasteiger partial charge in [0.1, 0.15) is 0 Å². The van der Waals surface area contributed by atoms with Crippen LogP contribution in [0.25, 0.3) is 11.4 Å². The van der Waals surface area contributed by atoms with Gasteiger partial charge in [0.15, 0.2) is 0 Å². The van der Waals surface area contributed by atoms with Crippen LogP contribution in [-0.4, -0.2) is 32.9 Å². The summed E-state index contributed by atoms with van der Waals surface area (Å²) in [6.07, 6.45) is 0. The molecule has 0 amide bonds. The Morgan fingerprint density at radius 3 is 2.47 bits per heavy atom. The average molecular weight is 262 g/mol. The first-order valence-electron chi connectivity index (χ1n) is 5.73. The highest BCUT2D eigenvalue weighted by molar-refractivity contribution is 5.88. The highest BCUT2D eigenvalue weighted by Crippen LogP contribution is 2.24. The van der Waals surface area contributed by atoms with E-state index in [1.807, 2.05) is 0 Å². The zero-order valence-corrected chi connectivity index (χ0v) is 10.6. The summed E-state index contributed by atoms with van der Waals surface area (Å²) < 4.78 is 5.11. The van der Waals surface area contributed by atoms with Crippen molar-refractivity contribution in [1.82, 2.24) is 10.1 Å². The van der Waals surface area contributed by atoms with E-state index in [1.54, 1.807) is 26.0 Å². The van der Waals surface area contributed by atoms with Gasteiger partial charge in [-0.3, -0.25) is 0 Å². The highest BCUT2D eigenvalue weighted by atomic mass is 16.5. The van der Waals surface area contributed by atoms with Crippen LogP contribution in [0.3, 0.4) is 0 Å². The van der Waals surface area contributed by atoms with Crippen LogP contribution < -0.4 is 0 Å². The molecule has 6 nitrogen and oxygen atoms in total. The molecule has 0 saturated carbocycles. The van der Waals surface area contributed by atoms with Crippen molar-refractivity contribution >= 4 is 5.97 Å². The van der Waals surface area contributed by atoms with E-state index in [0.29, 0.717) is 17.3 Å². The molecule has 0 aliphatic rings. The summed E-state index contributed by atoms with van der Waals surface area (Å²) in [5.41, 5.74) is 0.253. The van der Waals surface area contributed by atoms with E-state index in [1.165, 1.54) is 12.1 Å². The fraction of sp³-hybridized carbons (Fsp3) is 0.308. The first-order chi connectivity index (χ1) is 8.94. The first kappa shape index (κ1) is 13.2. The zero-order valence-electron chi connectivity index (χ0n) is 10.6. The van der Waals surface area contributed by atoms with Gasteiger partial charge >= 0.3 is 5.97 Å². The van der Waals surface area contributed by atoms with Gasteiger partial charge in [-0.25, -0.2) is 4.79 Å². The maximum absolute atomic E-state index is 10.7. The topological polar surface area (TPSA) is 96.5 Å². The molecule has 2 rings (SSSR count). The van der Waals surface area contributed by atoms with Gasteiger partial charge in [0.2, 0.25) is 11.7 Å². The summed E-state index contributed by atoms with van der Waals surface area (Å²) in [6, 6.07) is 6.18. The summed E-state index contributed by atoms with van der Waals surface area (Å²) in [6.45, 7) is 3.47. The van der Waals surface area contributed by atoms with Crippen LogP contribution in [0.5, 0.6) is 0 Å². The standard InChI is InChI=1S/C13H14N2O4/c1-13(2,7-16)12-14-10(15-19-12)8-3-5-9(6-4-8)11(17)18/h3-6,16H,7H2,1-2H3,(H,17,18). The molecule has 0 aliphatic carbocycles. The smallest absolute Gasteiger partial charge is 0.335 e. The van der Waals surface area contributed by atoms with E-state index in [9.17, 15) is 9.90 Å². The lowest BCUT2D eigenvalue weighted by Gasteiger charge is -2.14. The number of carboxylic acid groups (broad SMARTS) is 1. The molecule has 1 heterocycles. The Kier molecular flexibility index (Phi) is 3.35. The van der Waals surface area contributed by atoms with Gasteiger partial charge < -0.3 is 14.7 Å². The molecule has 1 aromatic carbocycles. The Balaban J connectivity index is 2.30. The number of hydrogen-bond acceptors (Lipinski definition) is 5. The number of benzene rings is 1. The van der Waals surface area contributed by atoms with Crippen LogP contribution in [0, 0.1) is 0 Å². The van der Waals surface area contributed by atoms with Crippen molar-refractivity contribution in [3.8, 4) is 11.4 Å². The SMILES string of the molecule is CC(C)(CO)c1nc(-c2ccc(C(=O)O)cc2)no1. The van der Waals surface area contributed by atoms with Crippen molar-refractivity contribution in [3.05, 3.63) is 35.7 Å². The van der Waals surface area contributed by atoms with Gasteiger partial charge in [0.25, 0.3) is 0 Å². The van der Waals surface area contributed by atoms with Crippen LogP contribution >= 0.6 is 0 Å². The van der Waals surface area contributed by atoms with Gasteiger partial charge in [0.05, 0.1) is 17.6 Å². The molecule has 2 N–H and O–H groups in total. The number of rotatable bonds is 4. The fourth-order valence-corrected chi connectivity index (χ4v) is 1.45. The summed E-state index contributed by atoms with van der Waals surface area (Å²) in [7, 11) is 0. The Hall–Kier alpha value is -2.21. The second-order valence-electron chi connectivity index (χ2n) is 4.85. The van der Waals surface area contributed by atoms with Crippen LogP contribution in [0.1, 0.15) is 30.1 Å². The van der Waals surface area contributed by atoms with Crippen molar-refractivity contribution in [2.45, 2.75) is 19.3 Å². The third-order valence-corrected chi connectivity index (χ3v) is 2.79. The van der Waals surface area contributed by atoms with Gasteiger partial charge in [-0.2, -0.15) is 4.98 Å². The number of aromatic nitrogens is 2. The van der Waals surface area contributed by atoms with Crippen LogP contribution in [0.15, 0.2) is 28.8 Å². The van der Waals surface area contributed by atoms with Gasteiger partial charge in [-0.1, -0.05) is 17.3 Å². The Labute approximate surface area is 109 Å². The van der Waals surface area contributed by atoms with Crippen molar-refractivity contribution in [2.24, 2.45) is 0 Å². The number of nitrogens with zero attached hydrogens (tertiary/aromatic N) is 2. The summed E-state index contributed by atoms with van der Waals surface area (Å²) in [4.78, 5) is 15.0. The number of carboxylic acids is 1. The molecule has 19 heavy (non-hydrogen) atoms. The molecule has 0 fully saturated rings. The lowest BCUT2D eigenvalue weighted by molar-refractivity contribution is 0.0697. The van der Waals surface area contributed by atoms with E-state index in [2.05, 4.69) is 10.1 Å². The van der Waals surface area contributed by atoms with Gasteiger partial charge in [-0.15, -0.1) is 0 Å². The largest absolute Gasteiger partial charge is 0.478 e. The molecule has 0 atom stereocenters. The van der Waals surface area contributed by atoms with Gasteiger partial charge in [0, 0.05) is 5.56 Å². The second kappa shape index (κ2) is 4.81. The van der Waals surface area contributed by atoms with Crippen molar-refractivity contribution in [3.63, 3.8) is 0 Å². The molecule has 0 radical (unpaired) electrons. The maximum Gasteiger partial charge on any atom is 0.335 e. The number of aliphatic hydroxyl groups is 1. The molecule has 0 bridgehead atoms. The molecule has 0 aliphatic heterocycles. The minimum atomic E-state index is -0.984. The van der Waals surface area contributed by atoms with E-state index in [-0.39, 0.29) is 12.2 Å². The van der Waals surface area contributed by atoms with E-state index in [4.69, 9.17) is 9.63 Å². The average Bonchev–Trinajstić information content (AvgIpc) is 2.89. The van der Waals surface area contributed by atoms with Crippen LogP contribution in [-0.2, 0) is 5.41 Å². The van der Waals surface area contributed by atoms with E-state index >= 15 is 0 Å². The summed E-state index contributed by atoms with van der Waals surface area (Å²) in [5, 5.41) is 21.9. The number of hydrogen-bond donors (Lipinski definition) is 2. The second-order valence-corrected chi connectivity index (χ2v) is 4.85. The van der Waals surface area contributed by atoms with Crippen LogP contribution in [0.4, 0.5) is 0 Å². The van der Waals surface area contributed by atoms with Crippen molar-refractivity contribution in [1.29, 1.82) is 0 Å². The first-order valence-corrected chi connectivity index (χ1v) is 5.73. The summed E-state index contributed by atoms with van der Waals surface area (Å²) >= 11 is 0. The quantitative estimate of drug-likeness (QED) is 0.870. The summed E-state index contributed by atoms with van der Waals surface area (Å²) in [5.74, 6) is -0.275. The molecule has 2 aromatic rings. The Morgan fingerprint density at radius 2 is 1.95 bits per heavy atom. The van der Waals surface area contributed by atoms with Crippen molar-refractivity contribution < 1.29 is 19.5 Å². The zero-order chi connectivity index (χ0) is 14.0. The number of carbonyl (C=O) groups is 1. The monoisotopic (exact) mass is 262 g/mol. The molecule has 6 heteroatoms.